The maximum absolute atomic E-state index is 11.7. The molecule has 0 atom stereocenters. The highest BCUT2D eigenvalue weighted by Crippen LogP contribution is 2.42. The van der Waals surface area contributed by atoms with Crippen LogP contribution in [0.25, 0.3) is 0 Å². The molecule has 1 fully saturated rings. The Morgan fingerprint density at radius 1 is 1.62 bits per heavy atom. The summed E-state index contributed by atoms with van der Waals surface area (Å²) >= 11 is 1.66. The molecule has 2 nitrogen and oxygen atoms in total. The van der Waals surface area contributed by atoms with Gasteiger partial charge in [0.2, 0.25) is 5.91 Å². The molecule has 1 rings (SSSR count). The van der Waals surface area contributed by atoms with Crippen molar-refractivity contribution in [1.82, 2.24) is 5.32 Å². The van der Waals surface area contributed by atoms with Crippen molar-refractivity contribution < 1.29 is 4.79 Å². The number of thioether (sulfide) groups is 1. The highest BCUT2D eigenvalue weighted by Gasteiger charge is 2.43. The Morgan fingerprint density at radius 3 is 2.69 bits per heavy atom. The number of carbonyl (C=O) groups is 1. The summed E-state index contributed by atoms with van der Waals surface area (Å²) in [5, 5.41) is 2.84. The summed E-state index contributed by atoms with van der Waals surface area (Å²) in [5.74, 6) is 5.75. The molecule has 0 spiro atoms. The van der Waals surface area contributed by atoms with Crippen molar-refractivity contribution in [1.29, 1.82) is 0 Å². The summed E-state index contributed by atoms with van der Waals surface area (Å²) in [4.78, 5) is 11.7. The van der Waals surface area contributed by atoms with Gasteiger partial charge in [0.15, 0.2) is 0 Å². The Labute approximate surface area is 83.9 Å². The first-order chi connectivity index (χ1) is 6.25. The second-order valence-corrected chi connectivity index (χ2v) is 4.35. The van der Waals surface area contributed by atoms with Gasteiger partial charge in [-0.2, -0.15) is 0 Å². The van der Waals surface area contributed by atoms with Gasteiger partial charge in [-0.1, -0.05) is 5.92 Å². The smallest absolute Gasteiger partial charge is 0.236 e. The lowest BCUT2D eigenvalue weighted by Gasteiger charge is -2.38. The van der Waals surface area contributed by atoms with E-state index >= 15 is 0 Å². The van der Waals surface area contributed by atoms with Crippen LogP contribution in [0, 0.1) is 11.8 Å². The van der Waals surface area contributed by atoms with Gasteiger partial charge in [-0.05, 0) is 32.4 Å². The van der Waals surface area contributed by atoms with Gasteiger partial charge in [0.25, 0.3) is 0 Å². The van der Waals surface area contributed by atoms with E-state index < -0.39 is 0 Å². The summed E-state index contributed by atoms with van der Waals surface area (Å²) in [6.07, 6.45) is 5.21. The molecule has 0 heterocycles. The largest absolute Gasteiger partial charge is 0.344 e. The van der Waals surface area contributed by atoms with Crippen molar-refractivity contribution in [2.75, 3.05) is 12.8 Å². The maximum Gasteiger partial charge on any atom is 0.236 e. The van der Waals surface area contributed by atoms with Gasteiger partial charge in [-0.25, -0.2) is 0 Å². The average Bonchev–Trinajstić information content (AvgIpc) is 2.04. The third-order valence-electron chi connectivity index (χ3n) is 2.48. The van der Waals surface area contributed by atoms with E-state index in [1.807, 2.05) is 6.26 Å². The Bertz CT molecular complexity index is 242. The second kappa shape index (κ2) is 4.57. The normalized spacial score (nSPS) is 18.0. The first kappa shape index (κ1) is 10.5. The lowest BCUT2D eigenvalue weighted by molar-refractivity contribution is -0.125. The molecule has 1 amide bonds. The summed E-state index contributed by atoms with van der Waals surface area (Å²) in [6.45, 7) is 2.26. The minimum absolute atomic E-state index is 0.130. The van der Waals surface area contributed by atoms with Crippen LogP contribution in [-0.2, 0) is 4.79 Å². The van der Waals surface area contributed by atoms with Gasteiger partial charge >= 0.3 is 0 Å². The number of nitrogens with one attached hydrogen (secondary N) is 1. The predicted molar refractivity (Wildman–Crippen MR) is 56.6 cm³/mol. The maximum atomic E-state index is 11.7. The van der Waals surface area contributed by atoms with Gasteiger partial charge in [0.05, 0.1) is 11.3 Å². The van der Waals surface area contributed by atoms with E-state index in [1.165, 1.54) is 6.42 Å². The molecule has 1 N–H and O–H groups in total. The minimum atomic E-state index is -0.130. The van der Waals surface area contributed by atoms with Crippen molar-refractivity contribution in [2.24, 2.45) is 0 Å². The standard InChI is InChI=1S/C10H15NOS/c1-3-4-8-11-9(12)10(13-2)6-5-7-10/h5-8H2,1-2H3,(H,11,12). The molecule has 0 aromatic heterocycles. The van der Waals surface area contributed by atoms with Crippen LogP contribution in [0.2, 0.25) is 0 Å². The monoisotopic (exact) mass is 197 g/mol. The van der Waals surface area contributed by atoms with Crippen molar-refractivity contribution in [3.8, 4) is 11.8 Å². The van der Waals surface area contributed by atoms with Crippen LogP contribution < -0.4 is 5.32 Å². The van der Waals surface area contributed by atoms with Crippen LogP contribution >= 0.6 is 11.8 Å². The van der Waals surface area contributed by atoms with Gasteiger partial charge in [0, 0.05) is 0 Å². The number of hydrogen-bond acceptors (Lipinski definition) is 2. The molecular formula is C10H15NOS. The molecule has 1 saturated carbocycles. The molecule has 0 aromatic rings. The zero-order valence-electron chi connectivity index (χ0n) is 8.14. The summed E-state index contributed by atoms with van der Waals surface area (Å²) in [6, 6.07) is 0. The number of rotatable bonds is 3. The van der Waals surface area contributed by atoms with Crippen LogP contribution in [0.15, 0.2) is 0 Å². The molecule has 3 heteroatoms. The zero-order valence-corrected chi connectivity index (χ0v) is 8.96. The molecule has 0 saturated heterocycles. The topological polar surface area (TPSA) is 29.1 Å². The Kier molecular flexibility index (Phi) is 3.68. The van der Waals surface area contributed by atoms with Crippen LogP contribution in [-0.4, -0.2) is 23.5 Å². The van der Waals surface area contributed by atoms with E-state index in [0.29, 0.717) is 6.54 Å². The van der Waals surface area contributed by atoms with E-state index in [9.17, 15) is 4.79 Å². The van der Waals surface area contributed by atoms with Crippen LogP contribution in [0.4, 0.5) is 0 Å². The summed E-state index contributed by atoms with van der Waals surface area (Å²) < 4.78 is -0.130. The summed E-state index contributed by atoms with van der Waals surface area (Å²) in [5.41, 5.74) is 0. The first-order valence-corrected chi connectivity index (χ1v) is 5.71. The summed E-state index contributed by atoms with van der Waals surface area (Å²) in [7, 11) is 0. The fourth-order valence-electron chi connectivity index (χ4n) is 1.40. The van der Waals surface area contributed by atoms with Crippen molar-refractivity contribution in [3.05, 3.63) is 0 Å². The molecule has 1 aliphatic carbocycles. The first-order valence-electron chi connectivity index (χ1n) is 4.48. The number of hydrogen-bond donors (Lipinski definition) is 1. The Balaban J connectivity index is 2.40. The molecule has 0 bridgehead atoms. The lowest BCUT2D eigenvalue weighted by Crippen LogP contribution is -2.49. The number of carbonyl (C=O) groups excluding carboxylic acids is 1. The zero-order chi connectivity index (χ0) is 9.73. The van der Waals surface area contributed by atoms with Crippen molar-refractivity contribution in [2.45, 2.75) is 30.9 Å². The predicted octanol–water partition coefficient (Wildman–Crippen LogP) is 1.41. The van der Waals surface area contributed by atoms with Gasteiger partial charge < -0.3 is 5.32 Å². The Morgan fingerprint density at radius 2 is 2.31 bits per heavy atom. The van der Waals surface area contributed by atoms with Gasteiger partial charge in [-0.15, -0.1) is 17.7 Å². The molecule has 0 radical (unpaired) electrons. The minimum Gasteiger partial charge on any atom is -0.344 e. The third kappa shape index (κ3) is 2.19. The molecular weight excluding hydrogens is 182 g/mol. The molecule has 0 unspecified atom stereocenters. The molecule has 0 aromatic carbocycles. The quantitative estimate of drug-likeness (QED) is 0.693. The second-order valence-electron chi connectivity index (χ2n) is 3.16. The van der Waals surface area contributed by atoms with Crippen LogP contribution in [0.3, 0.4) is 0 Å². The van der Waals surface area contributed by atoms with Gasteiger partial charge in [-0.3, -0.25) is 4.79 Å². The van der Waals surface area contributed by atoms with Crippen molar-refractivity contribution >= 4 is 17.7 Å². The fraction of sp³-hybridized carbons (Fsp3) is 0.700. The van der Waals surface area contributed by atoms with Crippen LogP contribution in [0.1, 0.15) is 26.2 Å². The van der Waals surface area contributed by atoms with Crippen molar-refractivity contribution in [3.63, 3.8) is 0 Å². The molecule has 0 aliphatic heterocycles. The molecule has 72 valence electrons. The van der Waals surface area contributed by atoms with E-state index in [0.717, 1.165) is 12.8 Å². The highest BCUT2D eigenvalue weighted by molar-refractivity contribution is 8.00. The molecule has 13 heavy (non-hydrogen) atoms. The molecule has 1 aliphatic rings. The third-order valence-corrected chi connectivity index (χ3v) is 3.86. The van der Waals surface area contributed by atoms with Crippen LogP contribution in [0.5, 0.6) is 0 Å². The Hall–Kier alpha value is -0.620. The van der Waals surface area contributed by atoms with Gasteiger partial charge in [0.1, 0.15) is 0 Å². The highest BCUT2D eigenvalue weighted by atomic mass is 32.2. The average molecular weight is 197 g/mol. The van der Waals surface area contributed by atoms with E-state index in [4.69, 9.17) is 0 Å². The van der Waals surface area contributed by atoms with E-state index in [2.05, 4.69) is 17.2 Å². The lowest BCUT2D eigenvalue weighted by atomic mass is 9.83. The van der Waals surface area contributed by atoms with E-state index in [-0.39, 0.29) is 10.7 Å². The SMILES string of the molecule is CC#CCNC(=O)C1(SC)CCC1. The fourth-order valence-corrected chi connectivity index (χ4v) is 2.35. The number of amides is 1. The van der Waals surface area contributed by atoms with E-state index in [1.54, 1.807) is 18.7 Å².